The number of hydrogen-bond donors (Lipinski definition) is 7. The zero-order valence-electron chi connectivity index (χ0n) is 18.0. The molecule has 0 spiro atoms. The molecule has 1 aromatic heterocycles. The van der Waals surface area contributed by atoms with Crippen LogP contribution in [0.5, 0.6) is 0 Å². The van der Waals surface area contributed by atoms with Crippen molar-refractivity contribution in [2.75, 3.05) is 6.54 Å². The molecular formula is C21H27N3O8S. The number of carbonyl (C=O) groups is 3. The fourth-order valence-electron chi connectivity index (χ4n) is 3.09. The molecular weight excluding hydrogens is 454 g/mol. The number of aromatic nitrogens is 1. The predicted molar refractivity (Wildman–Crippen MR) is 119 cm³/mol. The first-order valence-corrected chi connectivity index (χ1v) is 10.9. The fraction of sp³-hybridized carbons (Fsp3) is 0.429. The third-order valence-electron chi connectivity index (χ3n) is 5.01. The van der Waals surface area contributed by atoms with Crippen molar-refractivity contribution < 1.29 is 39.9 Å². The van der Waals surface area contributed by atoms with E-state index in [-0.39, 0.29) is 18.0 Å². The Morgan fingerprint density at radius 3 is 2.12 bits per heavy atom. The molecule has 1 aromatic carbocycles. The van der Waals surface area contributed by atoms with Gasteiger partial charge in [-0.15, -0.1) is 11.3 Å². The van der Waals surface area contributed by atoms with E-state index in [4.69, 9.17) is 20.4 Å². The van der Waals surface area contributed by atoms with Gasteiger partial charge in [0.1, 0.15) is 0 Å². The van der Waals surface area contributed by atoms with Crippen LogP contribution in [0.4, 0.5) is 0 Å². The van der Waals surface area contributed by atoms with Gasteiger partial charge in [0.25, 0.3) is 0 Å². The summed E-state index contributed by atoms with van der Waals surface area (Å²) in [5, 5.41) is 48.1. The molecule has 12 heteroatoms. The molecule has 5 atom stereocenters. The van der Waals surface area contributed by atoms with Crippen molar-refractivity contribution in [3.63, 3.8) is 0 Å². The lowest BCUT2D eigenvalue weighted by atomic mass is 10.0. The third kappa shape index (κ3) is 7.30. The molecule has 1 amide bonds. The van der Waals surface area contributed by atoms with Crippen molar-refractivity contribution in [2.45, 2.75) is 50.7 Å². The van der Waals surface area contributed by atoms with Gasteiger partial charge in [0.05, 0.1) is 34.3 Å². The second-order valence-corrected chi connectivity index (χ2v) is 8.39. The molecule has 7 N–H and O–H groups in total. The summed E-state index contributed by atoms with van der Waals surface area (Å²) in [4.78, 5) is 37.2. The van der Waals surface area contributed by atoms with Crippen molar-refractivity contribution in [1.82, 2.24) is 15.6 Å². The molecule has 1 aliphatic heterocycles. The first kappa shape index (κ1) is 26.4. The van der Waals surface area contributed by atoms with Crippen molar-refractivity contribution in [3.8, 4) is 10.4 Å². The van der Waals surface area contributed by atoms with E-state index in [0.29, 0.717) is 13.0 Å². The van der Waals surface area contributed by atoms with E-state index in [9.17, 15) is 19.5 Å². The zero-order valence-corrected chi connectivity index (χ0v) is 18.8. The van der Waals surface area contributed by atoms with Crippen molar-refractivity contribution >= 4 is 29.2 Å². The third-order valence-corrected chi connectivity index (χ3v) is 5.98. The Labute approximate surface area is 193 Å². The van der Waals surface area contributed by atoms with Gasteiger partial charge in [0.2, 0.25) is 5.91 Å². The molecule has 1 aliphatic rings. The summed E-state index contributed by atoms with van der Waals surface area (Å²) in [7, 11) is 0. The van der Waals surface area contributed by atoms with Gasteiger partial charge in [-0.3, -0.25) is 4.79 Å². The van der Waals surface area contributed by atoms with Gasteiger partial charge < -0.3 is 36.2 Å². The number of amides is 1. The maximum Gasteiger partial charge on any atom is 0.335 e. The number of hydrogen-bond acceptors (Lipinski definition) is 9. The highest BCUT2D eigenvalue weighted by Gasteiger charge is 2.30. The first-order chi connectivity index (χ1) is 15.5. The molecule has 33 heavy (non-hydrogen) atoms. The zero-order chi connectivity index (χ0) is 24.7. The lowest BCUT2D eigenvalue weighted by Gasteiger charge is -2.18. The van der Waals surface area contributed by atoms with Gasteiger partial charge in [-0.05, 0) is 31.4 Å². The number of rotatable bonds is 7. The molecule has 180 valence electrons. The lowest BCUT2D eigenvalue weighted by molar-refractivity contribution is -0.165. The van der Waals surface area contributed by atoms with E-state index in [1.165, 1.54) is 4.88 Å². The van der Waals surface area contributed by atoms with Crippen LogP contribution in [0.1, 0.15) is 30.6 Å². The number of carboxylic acids is 2. The van der Waals surface area contributed by atoms with Crippen molar-refractivity contribution in [2.24, 2.45) is 0 Å². The Balaban J connectivity index is 0.000000328. The van der Waals surface area contributed by atoms with Crippen LogP contribution in [-0.2, 0) is 14.4 Å². The lowest BCUT2D eigenvalue weighted by Crippen LogP contribution is -2.41. The molecule has 2 aromatic rings. The maximum absolute atomic E-state index is 12.2. The number of carboxylic acid groups (broad SMARTS) is 2. The quantitative estimate of drug-likeness (QED) is 0.281. The van der Waals surface area contributed by atoms with Gasteiger partial charge in [0, 0.05) is 6.54 Å². The number of aryl methyl sites for hydroxylation is 1. The molecule has 0 radical (unpaired) electrons. The normalized spacial score (nSPS) is 20.2. The van der Waals surface area contributed by atoms with Gasteiger partial charge in [-0.2, -0.15) is 0 Å². The SMILES string of the molecule is Cc1ncsc1-c1ccc([C@H](C)NC(=O)C2CC(O)CN2)cc1.O=C(O)[C@H](O)[C@@H](O)C(=O)O. The fourth-order valence-corrected chi connectivity index (χ4v) is 3.90. The number of benzene rings is 1. The number of β-amino-alcohol motifs (C(OH)–C–C–N with tert-alkyl or cyclic N) is 1. The van der Waals surface area contributed by atoms with Crippen LogP contribution in [0.25, 0.3) is 10.4 Å². The van der Waals surface area contributed by atoms with E-state index in [1.54, 1.807) is 11.3 Å². The minimum atomic E-state index is -2.27. The number of aliphatic hydroxyl groups excluding tert-OH is 3. The average molecular weight is 482 g/mol. The van der Waals surface area contributed by atoms with Crippen LogP contribution in [0, 0.1) is 6.92 Å². The highest BCUT2D eigenvalue weighted by atomic mass is 32.1. The van der Waals surface area contributed by atoms with Gasteiger partial charge in [-0.25, -0.2) is 14.6 Å². The van der Waals surface area contributed by atoms with Crippen molar-refractivity contribution in [3.05, 3.63) is 41.0 Å². The average Bonchev–Trinajstić information content (AvgIpc) is 3.41. The maximum atomic E-state index is 12.2. The minimum Gasteiger partial charge on any atom is -0.479 e. The summed E-state index contributed by atoms with van der Waals surface area (Å²) in [5.41, 5.74) is 5.09. The summed E-state index contributed by atoms with van der Waals surface area (Å²) in [6, 6.07) is 7.84. The summed E-state index contributed by atoms with van der Waals surface area (Å²) >= 11 is 1.63. The first-order valence-electron chi connectivity index (χ1n) is 10.0. The second kappa shape index (κ2) is 11.8. The van der Waals surface area contributed by atoms with Gasteiger partial charge >= 0.3 is 11.9 Å². The van der Waals surface area contributed by atoms with Crippen molar-refractivity contribution in [1.29, 1.82) is 0 Å². The van der Waals surface area contributed by atoms with E-state index >= 15 is 0 Å². The Morgan fingerprint density at radius 1 is 1.12 bits per heavy atom. The summed E-state index contributed by atoms with van der Waals surface area (Å²) in [6.45, 7) is 4.46. The molecule has 0 aliphatic carbocycles. The number of aliphatic hydroxyl groups is 3. The highest BCUT2D eigenvalue weighted by molar-refractivity contribution is 7.13. The second-order valence-electron chi connectivity index (χ2n) is 7.54. The number of aliphatic carboxylic acids is 2. The topological polar surface area (TPSA) is 189 Å². The molecule has 11 nitrogen and oxygen atoms in total. The molecule has 0 saturated carbocycles. The van der Waals surface area contributed by atoms with Crippen LogP contribution in [-0.4, -0.2) is 79.3 Å². The van der Waals surface area contributed by atoms with Crippen LogP contribution in [0.2, 0.25) is 0 Å². The molecule has 2 heterocycles. The molecule has 1 saturated heterocycles. The Kier molecular flexibility index (Phi) is 9.44. The number of thiazole rings is 1. The van der Waals surface area contributed by atoms with E-state index in [0.717, 1.165) is 16.8 Å². The molecule has 3 rings (SSSR count). The highest BCUT2D eigenvalue weighted by Crippen LogP contribution is 2.28. The standard InChI is InChI=1S/C17H21N3O2S.C4H6O6/c1-10(20-17(22)15-7-14(21)8-18-15)12-3-5-13(6-4-12)16-11(2)19-9-23-16;5-1(3(7)8)2(6)4(9)10/h3-6,9-10,14-15,18,21H,7-8H2,1-2H3,(H,20,22);1-2,5-6H,(H,7,8)(H,9,10)/t10-,14?,15?;1-,2-/m01/s1. The van der Waals surface area contributed by atoms with Gasteiger partial charge in [-0.1, -0.05) is 24.3 Å². The molecule has 1 fully saturated rings. The van der Waals surface area contributed by atoms with E-state index in [1.807, 2.05) is 31.5 Å². The van der Waals surface area contributed by atoms with Gasteiger partial charge in [0.15, 0.2) is 12.2 Å². The van der Waals surface area contributed by atoms with Crippen LogP contribution < -0.4 is 10.6 Å². The Bertz CT molecular complexity index is 947. The monoisotopic (exact) mass is 481 g/mol. The largest absolute Gasteiger partial charge is 0.479 e. The summed E-state index contributed by atoms with van der Waals surface area (Å²) < 4.78 is 0. The summed E-state index contributed by atoms with van der Waals surface area (Å²) in [6.07, 6.45) is -4.49. The minimum absolute atomic E-state index is 0.0589. The number of nitrogens with one attached hydrogen (secondary N) is 2. The van der Waals surface area contributed by atoms with Crippen LogP contribution in [0.15, 0.2) is 29.8 Å². The predicted octanol–water partition coefficient (Wildman–Crippen LogP) is -0.104. The van der Waals surface area contributed by atoms with Crippen LogP contribution in [0.3, 0.4) is 0 Å². The van der Waals surface area contributed by atoms with E-state index in [2.05, 4.69) is 27.8 Å². The Hall–Kier alpha value is -2.90. The Morgan fingerprint density at radius 2 is 1.70 bits per heavy atom. The van der Waals surface area contributed by atoms with Crippen LogP contribution >= 0.6 is 11.3 Å². The number of carbonyl (C=O) groups excluding carboxylic acids is 1. The summed E-state index contributed by atoms with van der Waals surface area (Å²) in [5.74, 6) is -3.60. The number of nitrogens with zero attached hydrogens (tertiary/aromatic N) is 1. The smallest absolute Gasteiger partial charge is 0.335 e. The molecule has 0 bridgehead atoms. The van der Waals surface area contributed by atoms with E-state index < -0.39 is 30.3 Å². The molecule has 2 unspecified atom stereocenters.